The summed E-state index contributed by atoms with van der Waals surface area (Å²) in [6.45, 7) is 4.71. The Bertz CT molecular complexity index is 258. The first-order chi connectivity index (χ1) is 7.04. The Morgan fingerprint density at radius 2 is 2.27 bits per heavy atom. The number of amides is 2. The van der Waals surface area contributed by atoms with Gasteiger partial charge in [0.05, 0.1) is 6.54 Å². The summed E-state index contributed by atoms with van der Waals surface area (Å²) in [5.74, 6) is 1.42. The summed E-state index contributed by atoms with van der Waals surface area (Å²) in [5, 5.41) is 2.63. The summed E-state index contributed by atoms with van der Waals surface area (Å²) in [5.41, 5.74) is 0. The van der Waals surface area contributed by atoms with Crippen molar-refractivity contribution in [2.75, 3.05) is 25.1 Å². The maximum absolute atomic E-state index is 11.7. The van der Waals surface area contributed by atoms with Crippen molar-refractivity contribution < 1.29 is 9.59 Å². The van der Waals surface area contributed by atoms with Crippen molar-refractivity contribution in [3.05, 3.63) is 0 Å². The van der Waals surface area contributed by atoms with Gasteiger partial charge >= 0.3 is 0 Å². The lowest BCUT2D eigenvalue weighted by Crippen LogP contribution is -2.57. The van der Waals surface area contributed by atoms with E-state index in [1.807, 2.05) is 6.26 Å². The fourth-order valence-electron chi connectivity index (χ4n) is 1.74. The molecule has 1 aliphatic heterocycles. The summed E-state index contributed by atoms with van der Waals surface area (Å²) >= 11 is 1.76. The molecule has 1 saturated heterocycles. The first-order valence-corrected chi connectivity index (χ1v) is 6.51. The molecule has 1 N–H and O–H groups in total. The summed E-state index contributed by atoms with van der Waals surface area (Å²) in [6.07, 6.45) is 2.05. The fourth-order valence-corrected chi connectivity index (χ4v) is 2.42. The summed E-state index contributed by atoms with van der Waals surface area (Å²) in [6, 6.07) is -0.368. The highest BCUT2D eigenvalue weighted by Crippen LogP contribution is 2.10. The van der Waals surface area contributed by atoms with Crippen LogP contribution in [0.3, 0.4) is 0 Å². The van der Waals surface area contributed by atoms with E-state index in [1.54, 1.807) is 23.6 Å². The van der Waals surface area contributed by atoms with E-state index in [4.69, 9.17) is 0 Å². The summed E-state index contributed by atoms with van der Waals surface area (Å²) < 4.78 is 0. The number of carbonyl (C=O) groups excluding carboxylic acids is 2. The van der Waals surface area contributed by atoms with Crippen LogP contribution in [0.5, 0.6) is 0 Å². The molecule has 2 atom stereocenters. The predicted octanol–water partition coefficient (Wildman–Crippen LogP) is 0.332. The molecule has 0 aromatic rings. The molecule has 15 heavy (non-hydrogen) atoms. The van der Waals surface area contributed by atoms with Gasteiger partial charge in [0.1, 0.15) is 6.04 Å². The Kier molecular flexibility index (Phi) is 4.45. The molecule has 0 aromatic heterocycles. The molecule has 1 fully saturated rings. The number of rotatable bonds is 4. The third kappa shape index (κ3) is 3.41. The van der Waals surface area contributed by atoms with Crippen LogP contribution in [0.2, 0.25) is 0 Å². The van der Waals surface area contributed by atoms with Gasteiger partial charge in [0.25, 0.3) is 0 Å². The van der Waals surface area contributed by atoms with Gasteiger partial charge in [0.15, 0.2) is 0 Å². The molecule has 1 aliphatic rings. The highest BCUT2D eigenvalue weighted by atomic mass is 32.2. The normalized spacial score (nSPS) is 23.9. The van der Waals surface area contributed by atoms with Crippen LogP contribution in [0, 0.1) is 5.92 Å². The minimum Gasteiger partial charge on any atom is -0.343 e. The van der Waals surface area contributed by atoms with Crippen LogP contribution in [0.15, 0.2) is 0 Å². The van der Waals surface area contributed by atoms with Gasteiger partial charge in [-0.3, -0.25) is 9.59 Å². The summed E-state index contributed by atoms with van der Waals surface area (Å²) in [4.78, 5) is 24.6. The van der Waals surface area contributed by atoms with E-state index in [9.17, 15) is 9.59 Å². The van der Waals surface area contributed by atoms with Crippen LogP contribution in [-0.4, -0.2) is 47.9 Å². The number of nitrogens with zero attached hydrogens (tertiary/aromatic N) is 1. The van der Waals surface area contributed by atoms with Gasteiger partial charge in [-0.1, -0.05) is 6.92 Å². The highest BCUT2D eigenvalue weighted by molar-refractivity contribution is 7.98. The van der Waals surface area contributed by atoms with Crippen LogP contribution < -0.4 is 5.32 Å². The zero-order valence-electron chi connectivity index (χ0n) is 9.45. The van der Waals surface area contributed by atoms with Crippen LogP contribution in [0.25, 0.3) is 0 Å². The monoisotopic (exact) mass is 230 g/mol. The maximum atomic E-state index is 11.7. The second kappa shape index (κ2) is 5.39. The van der Waals surface area contributed by atoms with Gasteiger partial charge in [-0.05, 0) is 24.9 Å². The van der Waals surface area contributed by atoms with E-state index in [1.165, 1.54) is 0 Å². The van der Waals surface area contributed by atoms with Crippen molar-refractivity contribution in [2.45, 2.75) is 19.9 Å². The molecule has 0 radical (unpaired) electrons. The second-order valence-electron chi connectivity index (χ2n) is 4.07. The molecular formula is C10H18N2O2S. The number of carbonyl (C=O) groups is 2. The van der Waals surface area contributed by atoms with Crippen molar-refractivity contribution in [3.8, 4) is 0 Å². The molecule has 86 valence electrons. The average Bonchev–Trinajstić information content (AvgIpc) is 2.13. The number of hydrogen-bond donors (Lipinski definition) is 1. The SMILES string of the molecule is CSCC(C)CN1CC(=O)NC(C)C1=O. The van der Waals surface area contributed by atoms with Crippen LogP contribution >= 0.6 is 11.8 Å². The number of piperazine rings is 1. The molecule has 0 spiro atoms. The molecule has 1 rings (SSSR count). The quantitative estimate of drug-likeness (QED) is 0.757. The van der Waals surface area contributed by atoms with Gasteiger partial charge < -0.3 is 10.2 Å². The van der Waals surface area contributed by atoms with E-state index in [0.29, 0.717) is 12.5 Å². The average molecular weight is 230 g/mol. The largest absolute Gasteiger partial charge is 0.343 e. The van der Waals surface area contributed by atoms with E-state index in [-0.39, 0.29) is 24.4 Å². The zero-order chi connectivity index (χ0) is 11.4. The lowest BCUT2D eigenvalue weighted by molar-refractivity contribution is -0.144. The topological polar surface area (TPSA) is 49.4 Å². The Balaban J connectivity index is 2.52. The van der Waals surface area contributed by atoms with Crippen molar-refractivity contribution in [2.24, 2.45) is 5.92 Å². The van der Waals surface area contributed by atoms with E-state index < -0.39 is 0 Å². The smallest absolute Gasteiger partial charge is 0.245 e. The molecule has 0 saturated carbocycles. The van der Waals surface area contributed by atoms with Gasteiger partial charge in [-0.25, -0.2) is 0 Å². The molecule has 4 nitrogen and oxygen atoms in total. The summed E-state index contributed by atoms with van der Waals surface area (Å²) in [7, 11) is 0. The van der Waals surface area contributed by atoms with E-state index >= 15 is 0 Å². The molecule has 0 aromatic carbocycles. The number of nitrogens with one attached hydrogen (secondary N) is 1. The van der Waals surface area contributed by atoms with Crippen LogP contribution in [0.1, 0.15) is 13.8 Å². The van der Waals surface area contributed by atoms with Crippen molar-refractivity contribution >= 4 is 23.6 Å². The van der Waals surface area contributed by atoms with E-state index in [2.05, 4.69) is 12.2 Å². The Morgan fingerprint density at radius 3 is 2.87 bits per heavy atom. The third-order valence-electron chi connectivity index (χ3n) is 2.38. The van der Waals surface area contributed by atoms with Gasteiger partial charge in [-0.2, -0.15) is 11.8 Å². The number of thioether (sulfide) groups is 1. The second-order valence-corrected chi connectivity index (χ2v) is 4.98. The van der Waals surface area contributed by atoms with Crippen molar-refractivity contribution in [3.63, 3.8) is 0 Å². The fraction of sp³-hybridized carbons (Fsp3) is 0.800. The van der Waals surface area contributed by atoms with Crippen molar-refractivity contribution in [1.29, 1.82) is 0 Å². The lowest BCUT2D eigenvalue weighted by Gasteiger charge is -2.32. The maximum Gasteiger partial charge on any atom is 0.245 e. The Morgan fingerprint density at radius 1 is 1.60 bits per heavy atom. The lowest BCUT2D eigenvalue weighted by atomic mass is 10.1. The molecule has 1 heterocycles. The Labute approximate surface area is 94.8 Å². The van der Waals surface area contributed by atoms with Gasteiger partial charge in [0.2, 0.25) is 11.8 Å². The first kappa shape index (κ1) is 12.4. The predicted molar refractivity (Wildman–Crippen MR) is 61.7 cm³/mol. The van der Waals surface area contributed by atoms with Crippen molar-refractivity contribution in [1.82, 2.24) is 10.2 Å². The van der Waals surface area contributed by atoms with Crippen LogP contribution in [-0.2, 0) is 9.59 Å². The Hall–Kier alpha value is -0.710. The number of hydrogen-bond acceptors (Lipinski definition) is 3. The highest BCUT2D eigenvalue weighted by Gasteiger charge is 2.29. The standard InChI is InChI=1S/C10H18N2O2S/c1-7(6-15-3)4-12-5-9(13)11-8(2)10(12)14/h7-8H,4-6H2,1-3H3,(H,11,13). The zero-order valence-corrected chi connectivity index (χ0v) is 10.3. The molecule has 5 heteroatoms. The van der Waals surface area contributed by atoms with Gasteiger partial charge in [-0.15, -0.1) is 0 Å². The first-order valence-electron chi connectivity index (χ1n) is 5.11. The third-order valence-corrected chi connectivity index (χ3v) is 3.28. The minimum atomic E-state index is -0.368. The van der Waals surface area contributed by atoms with E-state index in [0.717, 1.165) is 5.75 Å². The molecule has 0 bridgehead atoms. The van der Waals surface area contributed by atoms with Crippen LogP contribution in [0.4, 0.5) is 0 Å². The van der Waals surface area contributed by atoms with Gasteiger partial charge in [0, 0.05) is 6.54 Å². The molecular weight excluding hydrogens is 212 g/mol. The molecule has 2 amide bonds. The molecule has 2 unspecified atom stereocenters. The minimum absolute atomic E-state index is 0.0301. The molecule has 0 aliphatic carbocycles.